The van der Waals surface area contributed by atoms with Crippen LogP contribution in [-0.4, -0.2) is 27.5 Å². The van der Waals surface area contributed by atoms with Crippen LogP contribution in [-0.2, 0) is 27.7 Å². The highest BCUT2D eigenvalue weighted by molar-refractivity contribution is 7.89. The van der Waals surface area contributed by atoms with Gasteiger partial charge in [0.15, 0.2) is 0 Å². The van der Waals surface area contributed by atoms with Gasteiger partial charge in [0.1, 0.15) is 5.75 Å². The van der Waals surface area contributed by atoms with E-state index in [1.54, 1.807) is 0 Å². The minimum Gasteiger partial charge on any atom is -0.495 e. The van der Waals surface area contributed by atoms with Crippen LogP contribution in [0.2, 0.25) is 5.02 Å². The maximum absolute atomic E-state index is 12.6. The summed E-state index contributed by atoms with van der Waals surface area (Å²) in [4.78, 5) is 12.6. The summed E-state index contributed by atoms with van der Waals surface area (Å²) in [5.74, 6) is -0.0616. The number of ether oxygens (including phenoxy) is 1. The normalized spacial score (nSPS) is 12.5. The van der Waals surface area contributed by atoms with E-state index >= 15 is 0 Å². The number of methoxy groups -OCH3 is 1. The van der Waals surface area contributed by atoms with Gasteiger partial charge in [-0.2, -0.15) is 4.72 Å². The van der Waals surface area contributed by atoms with Gasteiger partial charge in [-0.15, -0.1) is 0 Å². The second-order valence-corrected chi connectivity index (χ2v) is 8.41. The number of nitrogens with one attached hydrogen (secondary N) is 2. The molecule has 1 amide bonds. The predicted octanol–water partition coefficient (Wildman–Crippen LogP) is 3.78. The molecular weight excluding hydrogens is 400 g/mol. The number of carbonyl (C=O) groups is 1. The van der Waals surface area contributed by atoms with Crippen molar-refractivity contribution in [3.05, 3.63) is 52.5 Å². The monoisotopic (exact) mass is 424 g/mol. The largest absolute Gasteiger partial charge is 0.495 e. The maximum Gasteiger partial charge on any atom is 0.242 e. The van der Waals surface area contributed by atoms with Crippen molar-refractivity contribution in [2.45, 2.75) is 44.6 Å². The molecule has 0 aliphatic carbocycles. The molecule has 0 radical (unpaired) electrons. The molecule has 2 N–H and O–H groups in total. The molecule has 8 heteroatoms. The summed E-state index contributed by atoms with van der Waals surface area (Å²) >= 11 is 6.01. The third-order valence-corrected chi connectivity index (χ3v) is 6.24. The van der Waals surface area contributed by atoms with Crippen molar-refractivity contribution in [1.82, 2.24) is 4.72 Å². The third kappa shape index (κ3) is 5.04. The Kier molecular flexibility index (Phi) is 7.46. The third-order valence-electron chi connectivity index (χ3n) is 4.41. The van der Waals surface area contributed by atoms with Gasteiger partial charge in [-0.3, -0.25) is 4.79 Å². The van der Waals surface area contributed by atoms with Crippen LogP contribution in [0.1, 0.15) is 31.9 Å². The Morgan fingerprint density at radius 2 is 1.75 bits per heavy atom. The zero-order chi connectivity index (χ0) is 20.9. The van der Waals surface area contributed by atoms with Crippen molar-refractivity contribution in [1.29, 1.82) is 0 Å². The molecule has 152 valence electrons. The summed E-state index contributed by atoms with van der Waals surface area (Å²) in [6.07, 6.45) is 1.52. The average molecular weight is 425 g/mol. The van der Waals surface area contributed by atoms with Gasteiger partial charge in [0.05, 0.1) is 23.1 Å². The molecule has 0 aliphatic heterocycles. The summed E-state index contributed by atoms with van der Waals surface area (Å²) in [6, 6.07) is 9.00. The van der Waals surface area contributed by atoms with E-state index in [4.69, 9.17) is 16.3 Å². The molecule has 0 saturated heterocycles. The zero-order valence-corrected chi connectivity index (χ0v) is 17.9. The predicted molar refractivity (Wildman–Crippen MR) is 112 cm³/mol. The number of sulfonamides is 1. The second kappa shape index (κ2) is 9.41. The number of hydrogen-bond donors (Lipinski definition) is 2. The molecule has 0 spiro atoms. The summed E-state index contributed by atoms with van der Waals surface area (Å²) in [5.41, 5.74) is 2.76. The fourth-order valence-corrected chi connectivity index (χ4v) is 4.35. The van der Waals surface area contributed by atoms with Crippen LogP contribution in [0.5, 0.6) is 5.75 Å². The molecule has 0 fully saturated rings. The molecule has 2 aromatic carbocycles. The van der Waals surface area contributed by atoms with Gasteiger partial charge in [-0.05, 0) is 49.1 Å². The van der Waals surface area contributed by atoms with Gasteiger partial charge in [-0.25, -0.2) is 8.42 Å². The Morgan fingerprint density at radius 3 is 2.25 bits per heavy atom. The molecule has 0 saturated carbocycles. The number of rotatable bonds is 8. The van der Waals surface area contributed by atoms with E-state index in [1.165, 1.54) is 32.2 Å². The molecule has 28 heavy (non-hydrogen) atoms. The molecular formula is C20H25ClN2O4S. The molecule has 0 aromatic heterocycles. The van der Waals surface area contributed by atoms with E-state index in [-0.39, 0.29) is 9.92 Å². The van der Waals surface area contributed by atoms with Gasteiger partial charge < -0.3 is 10.1 Å². The fraction of sp³-hybridized carbons (Fsp3) is 0.350. The van der Waals surface area contributed by atoms with E-state index in [2.05, 4.69) is 10.0 Å². The first kappa shape index (κ1) is 22.2. The smallest absolute Gasteiger partial charge is 0.242 e. The number of aryl methyl sites for hydroxylation is 2. The molecule has 0 unspecified atom stereocenters. The van der Waals surface area contributed by atoms with Crippen molar-refractivity contribution < 1.29 is 17.9 Å². The quantitative estimate of drug-likeness (QED) is 0.675. The summed E-state index contributed by atoms with van der Waals surface area (Å²) in [5, 5.41) is 3.05. The number of benzene rings is 2. The Hall–Kier alpha value is -2.09. The highest BCUT2D eigenvalue weighted by Crippen LogP contribution is 2.27. The van der Waals surface area contributed by atoms with Crippen LogP contribution < -0.4 is 14.8 Å². The first-order valence-corrected chi connectivity index (χ1v) is 10.9. The lowest BCUT2D eigenvalue weighted by molar-refractivity contribution is -0.117. The number of carbonyl (C=O) groups excluding carboxylic acids is 1. The van der Waals surface area contributed by atoms with Crippen molar-refractivity contribution in [3.63, 3.8) is 0 Å². The lowest BCUT2D eigenvalue weighted by Crippen LogP contribution is -2.41. The number of anilines is 1. The van der Waals surface area contributed by atoms with Gasteiger partial charge in [0.2, 0.25) is 15.9 Å². The van der Waals surface area contributed by atoms with Crippen LogP contribution >= 0.6 is 11.6 Å². The van der Waals surface area contributed by atoms with E-state index in [1.807, 2.05) is 32.0 Å². The van der Waals surface area contributed by atoms with Crippen LogP contribution in [0.3, 0.4) is 0 Å². The number of amides is 1. The Bertz CT molecular complexity index is 938. The minimum atomic E-state index is -3.93. The summed E-state index contributed by atoms with van der Waals surface area (Å²) in [7, 11) is -2.48. The van der Waals surface area contributed by atoms with Crippen molar-refractivity contribution in [2.75, 3.05) is 12.4 Å². The second-order valence-electron chi connectivity index (χ2n) is 6.29. The molecule has 2 rings (SSSR count). The van der Waals surface area contributed by atoms with Gasteiger partial charge in [-0.1, -0.05) is 43.6 Å². The average Bonchev–Trinajstić information content (AvgIpc) is 2.67. The molecule has 0 heterocycles. The van der Waals surface area contributed by atoms with E-state index in [0.717, 1.165) is 29.7 Å². The number of para-hydroxylation sites is 1. The van der Waals surface area contributed by atoms with Gasteiger partial charge >= 0.3 is 0 Å². The van der Waals surface area contributed by atoms with Crippen LogP contribution in [0.4, 0.5) is 5.69 Å². The van der Waals surface area contributed by atoms with E-state index in [0.29, 0.717) is 5.75 Å². The standard InChI is InChI=1S/C20H25ClN2O4S/c1-5-14-8-7-9-15(6-2)19(14)22-20(24)13(3)23-28(25,26)16-10-11-18(27-4)17(21)12-16/h7-13,23H,5-6H2,1-4H3,(H,22,24)/t13-/m1/s1. The molecule has 2 aromatic rings. The maximum atomic E-state index is 12.6. The van der Waals surface area contributed by atoms with Gasteiger partial charge in [0.25, 0.3) is 0 Å². The van der Waals surface area contributed by atoms with Crippen molar-refractivity contribution >= 4 is 33.2 Å². The molecule has 0 bridgehead atoms. The fourth-order valence-electron chi connectivity index (χ4n) is 2.80. The Morgan fingerprint density at radius 1 is 1.14 bits per heavy atom. The highest BCUT2D eigenvalue weighted by atomic mass is 35.5. The van der Waals surface area contributed by atoms with E-state index in [9.17, 15) is 13.2 Å². The van der Waals surface area contributed by atoms with Crippen molar-refractivity contribution in [2.24, 2.45) is 0 Å². The van der Waals surface area contributed by atoms with Crippen LogP contribution in [0.25, 0.3) is 0 Å². The first-order chi connectivity index (χ1) is 13.2. The number of halogens is 1. The SMILES string of the molecule is CCc1cccc(CC)c1NC(=O)[C@@H](C)NS(=O)(=O)c1ccc(OC)c(Cl)c1. The lowest BCUT2D eigenvalue weighted by atomic mass is 10.0. The first-order valence-electron chi connectivity index (χ1n) is 9.01. The van der Waals surface area contributed by atoms with Crippen molar-refractivity contribution in [3.8, 4) is 5.75 Å². The van der Waals surface area contributed by atoms with Crippen LogP contribution in [0, 0.1) is 0 Å². The summed E-state index contributed by atoms with van der Waals surface area (Å²) < 4.78 is 32.6. The lowest BCUT2D eigenvalue weighted by Gasteiger charge is -2.18. The Labute approximate surface area is 171 Å². The molecule has 0 aliphatic rings. The number of hydrogen-bond acceptors (Lipinski definition) is 4. The minimum absolute atomic E-state index is 0.0406. The Balaban J connectivity index is 2.19. The van der Waals surface area contributed by atoms with E-state index < -0.39 is 22.0 Å². The molecule has 1 atom stereocenters. The zero-order valence-electron chi connectivity index (χ0n) is 16.4. The van der Waals surface area contributed by atoms with Gasteiger partial charge in [0, 0.05) is 5.69 Å². The van der Waals surface area contributed by atoms with Crippen LogP contribution in [0.15, 0.2) is 41.3 Å². The highest BCUT2D eigenvalue weighted by Gasteiger charge is 2.24. The molecule has 6 nitrogen and oxygen atoms in total. The summed E-state index contributed by atoms with van der Waals surface area (Å²) in [6.45, 7) is 5.51. The topological polar surface area (TPSA) is 84.5 Å².